The number of nitrogens with two attached hydrogens (primary N) is 1. The molecule has 4 rings (SSSR count). The van der Waals surface area contributed by atoms with Gasteiger partial charge in [-0.2, -0.15) is 5.10 Å². The Bertz CT molecular complexity index is 967. The van der Waals surface area contributed by atoms with Crippen molar-refractivity contribution >= 4 is 39.2 Å². The lowest BCUT2D eigenvalue weighted by molar-refractivity contribution is 0.0374. The quantitative estimate of drug-likeness (QED) is 0.558. The van der Waals surface area contributed by atoms with Gasteiger partial charge in [0.05, 0.1) is 30.6 Å². The van der Waals surface area contributed by atoms with Gasteiger partial charge in [-0.1, -0.05) is 0 Å². The molecule has 3 amide bonds. The second kappa shape index (κ2) is 9.33. The van der Waals surface area contributed by atoms with Gasteiger partial charge in [-0.25, -0.2) is 4.79 Å². The van der Waals surface area contributed by atoms with E-state index < -0.39 is 0 Å². The van der Waals surface area contributed by atoms with Gasteiger partial charge in [-0.3, -0.25) is 9.69 Å². The third-order valence-electron chi connectivity index (χ3n) is 5.88. The molecule has 31 heavy (non-hydrogen) atoms. The van der Waals surface area contributed by atoms with Gasteiger partial charge in [0.15, 0.2) is 0 Å². The maximum atomic E-state index is 12.7. The second-order valence-corrected chi connectivity index (χ2v) is 9.05. The number of anilines is 1. The molecule has 0 radical (unpaired) electrons. The molecule has 0 unspecified atom stereocenters. The van der Waals surface area contributed by atoms with Crippen molar-refractivity contribution in [2.45, 2.75) is 26.3 Å². The van der Waals surface area contributed by atoms with E-state index in [2.05, 4.69) is 25.7 Å². The summed E-state index contributed by atoms with van der Waals surface area (Å²) in [6.45, 7) is 9.86. The standard InChI is InChI=1S/C20H29N7O3S/c1-12-13(2)24-25-19-15(12)16(21)17(31-19)18(28)23-14-10-27(11-14)20(29)22-4-3-5-26-6-8-30-9-7-26/h14H,3-11,21H2,1-2H3,(H,22,29)(H,23,28). The molecule has 2 aromatic heterocycles. The van der Waals surface area contributed by atoms with Crippen molar-refractivity contribution in [2.24, 2.45) is 0 Å². The van der Waals surface area contributed by atoms with E-state index in [9.17, 15) is 9.59 Å². The predicted molar refractivity (Wildman–Crippen MR) is 119 cm³/mol. The smallest absolute Gasteiger partial charge is 0.317 e. The normalized spacial score (nSPS) is 17.5. The maximum Gasteiger partial charge on any atom is 0.317 e. The Morgan fingerprint density at radius 3 is 2.71 bits per heavy atom. The molecule has 0 atom stereocenters. The van der Waals surface area contributed by atoms with Crippen LogP contribution < -0.4 is 16.4 Å². The average molecular weight is 448 g/mol. The molecule has 2 aliphatic heterocycles. The fraction of sp³-hybridized carbons (Fsp3) is 0.600. The molecule has 168 valence electrons. The number of amides is 3. The molecule has 2 saturated heterocycles. The average Bonchev–Trinajstić information content (AvgIpc) is 3.08. The number of urea groups is 1. The van der Waals surface area contributed by atoms with Crippen LogP contribution in [-0.2, 0) is 4.74 Å². The van der Waals surface area contributed by atoms with Crippen LogP contribution in [0.25, 0.3) is 10.2 Å². The Morgan fingerprint density at radius 1 is 1.23 bits per heavy atom. The van der Waals surface area contributed by atoms with Gasteiger partial charge in [-0.15, -0.1) is 16.4 Å². The van der Waals surface area contributed by atoms with Crippen molar-refractivity contribution in [3.05, 3.63) is 16.1 Å². The van der Waals surface area contributed by atoms with E-state index >= 15 is 0 Å². The summed E-state index contributed by atoms with van der Waals surface area (Å²) in [5.41, 5.74) is 8.43. The third kappa shape index (κ3) is 4.73. The number of aryl methyl sites for hydroxylation is 2. The van der Waals surface area contributed by atoms with Gasteiger partial charge in [0.2, 0.25) is 0 Å². The molecule has 4 heterocycles. The minimum atomic E-state index is -0.229. The highest BCUT2D eigenvalue weighted by Gasteiger charge is 2.32. The van der Waals surface area contributed by atoms with Gasteiger partial charge < -0.3 is 26.0 Å². The molecule has 4 N–H and O–H groups in total. The summed E-state index contributed by atoms with van der Waals surface area (Å²) in [7, 11) is 0. The third-order valence-corrected chi connectivity index (χ3v) is 6.96. The lowest BCUT2D eigenvalue weighted by Crippen LogP contribution is -2.62. The van der Waals surface area contributed by atoms with Gasteiger partial charge >= 0.3 is 6.03 Å². The first-order valence-electron chi connectivity index (χ1n) is 10.6. The van der Waals surface area contributed by atoms with Crippen LogP contribution in [0.4, 0.5) is 10.5 Å². The first kappa shape index (κ1) is 21.7. The Labute approximate surface area is 185 Å². The molecule has 0 saturated carbocycles. The number of morpholine rings is 1. The Balaban J connectivity index is 1.21. The first-order valence-corrected chi connectivity index (χ1v) is 11.4. The summed E-state index contributed by atoms with van der Waals surface area (Å²) in [5, 5.41) is 15.0. The Kier molecular flexibility index (Phi) is 6.54. The van der Waals surface area contributed by atoms with Crippen LogP contribution in [0, 0.1) is 13.8 Å². The van der Waals surface area contributed by atoms with E-state index in [4.69, 9.17) is 10.5 Å². The molecule has 0 bridgehead atoms. The molecule has 11 heteroatoms. The van der Waals surface area contributed by atoms with Crippen LogP contribution in [0.1, 0.15) is 27.3 Å². The van der Waals surface area contributed by atoms with Crippen LogP contribution in [0.5, 0.6) is 0 Å². The van der Waals surface area contributed by atoms with Crippen LogP contribution >= 0.6 is 11.3 Å². The van der Waals surface area contributed by atoms with Crippen molar-refractivity contribution in [1.82, 2.24) is 30.6 Å². The number of ether oxygens (including phenoxy) is 1. The number of thiophene rings is 1. The van der Waals surface area contributed by atoms with Gasteiger partial charge in [0, 0.05) is 38.1 Å². The number of carbonyl (C=O) groups is 2. The van der Waals surface area contributed by atoms with Crippen molar-refractivity contribution in [1.29, 1.82) is 0 Å². The zero-order chi connectivity index (χ0) is 22.0. The van der Waals surface area contributed by atoms with Gasteiger partial charge in [0.25, 0.3) is 5.91 Å². The predicted octanol–water partition coefficient (Wildman–Crippen LogP) is 0.736. The summed E-state index contributed by atoms with van der Waals surface area (Å²) >= 11 is 1.25. The number of nitrogens with zero attached hydrogens (tertiary/aromatic N) is 4. The summed E-state index contributed by atoms with van der Waals surface area (Å²) < 4.78 is 5.33. The number of rotatable bonds is 6. The highest BCUT2D eigenvalue weighted by atomic mass is 32.1. The Morgan fingerprint density at radius 2 is 1.97 bits per heavy atom. The fourth-order valence-corrected chi connectivity index (χ4v) is 4.83. The van der Waals surface area contributed by atoms with E-state index in [1.54, 1.807) is 4.90 Å². The van der Waals surface area contributed by atoms with Crippen molar-refractivity contribution in [3.63, 3.8) is 0 Å². The molecule has 10 nitrogen and oxygen atoms in total. The van der Waals surface area contributed by atoms with E-state index in [0.29, 0.717) is 35.0 Å². The number of carbonyl (C=O) groups excluding carboxylic acids is 2. The number of hydrogen-bond acceptors (Lipinski definition) is 8. The topological polar surface area (TPSA) is 126 Å². The van der Waals surface area contributed by atoms with E-state index in [-0.39, 0.29) is 18.0 Å². The molecule has 2 aliphatic rings. The molecular weight excluding hydrogens is 418 g/mol. The lowest BCUT2D eigenvalue weighted by atomic mass is 10.1. The monoisotopic (exact) mass is 447 g/mol. The zero-order valence-corrected chi connectivity index (χ0v) is 18.8. The van der Waals surface area contributed by atoms with Crippen molar-refractivity contribution in [3.8, 4) is 0 Å². The van der Waals surface area contributed by atoms with E-state index in [1.165, 1.54) is 11.3 Å². The van der Waals surface area contributed by atoms with Crippen LogP contribution in [0.15, 0.2) is 0 Å². The highest BCUT2D eigenvalue weighted by Crippen LogP contribution is 2.34. The molecule has 0 aromatic carbocycles. The molecule has 2 fully saturated rings. The summed E-state index contributed by atoms with van der Waals surface area (Å²) in [6.07, 6.45) is 0.909. The first-order chi connectivity index (χ1) is 14.9. The number of nitrogens with one attached hydrogen (secondary N) is 2. The minimum Gasteiger partial charge on any atom is -0.397 e. The van der Waals surface area contributed by atoms with Crippen molar-refractivity contribution in [2.75, 3.05) is 58.2 Å². The SMILES string of the molecule is Cc1nnc2sc(C(=O)NC3CN(C(=O)NCCCN4CCOCC4)C3)c(N)c2c1C. The highest BCUT2D eigenvalue weighted by molar-refractivity contribution is 7.21. The largest absolute Gasteiger partial charge is 0.397 e. The minimum absolute atomic E-state index is 0.0786. The molecule has 0 aliphatic carbocycles. The molecular formula is C20H29N7O3S. The van der Waals surface area contributed by atoms with E-state index in [0.717, 1.165) is 55.9 Å². The van der Waals surface area contributed by atoms with Gasteiger partial charge in [0.1, 0.15) is 9.71 Å². The molecule has 2 aromatic rings. The number of hydrogen-bond donors (Lipinski definition) is 3. The number of aromatic nitrogens is 2. The Hall–Kier alpha value is -2.50. The molecule has 0 spiro atoms. The van der Waals surface area contributed by atoms with Crippen molar-refractivity contribution < 1.29 is 14.3 Å². The summed E-state index contributed by atoms with van der Waals surface area (Å²) in [4.78, 5) is 30.1. The van der Waals surface area contributed by atoms with Crippen LogP contribution in [0.3, 0.4) is 0 Å². The van der Waals surface area contributed by atoms with E-state index in [1.807, 2.05) is 13.8 Å². The lowest BCUT2D eigenvalue weighted by Gasteiger charge is -2.39. The van der Waals surface area contributed by atoms with Crippen LogP contribution in [0.2, 0.25) is 0 Å². The zero-order valence-electron chi connectivity index (χ0n) is 17.9. The summed E-state index contributed by atoms with van der Waals surface area (Å²) in [5.74, 6) is -0.229. The second-order valence-electron chi connectivity index (χ2n) is 8.05. The summed E-state index contributed by atoms with van der Waals surface area (Å²) in [6, 6.07) is -0.166. The number of fused-ring (bicyclic) bond motifs is 1. The number of likely N-dealkylation sites (tertiary alicyclic amines) is 1. The maximum absolute atomic E-state index is 12.7. The van der Waals surface area contributed by atoms with Gasteiger partial charge in [-0.05, 0) is 32.4 Å². The number of nitrogen functional groups attached to an aromatic ring is 1. The fourth-order valence-electron chi connectivity index (χ4n) is 3.83. The van der Waals surface area contributed by atoms with Crippen LogP contribution in [-0.4, -0.2) is 90.5 Å².